The van der Waals surface area contributed by atoms with Crippen LogP contribution in [0.5, 0.6) is 0 Å². The van der Waals surface area contributed by atoms with Crippen LogP contribution in [0.25, 0.3) is 0 Å². The van der Waals surface area contributed by atoms with Crippen LogP contribution in [0.15, 0.2) is 48.5 Å². The van der Waals surface area contributed by atoms with Gasteiger partial charge in [-0.1, -0.05) is 42.0 Å². The molecule has 0 aromatic heterocycles. The molecule has 2 rings (SSSR count). The van der Waals surface area contributed by atoms with Crippen molar-refractivity contribution in [3.63, 3.8) is 0 Å². The Morgan fingerprint density at radius 1 is 0.950 bits per heavy atom. The van der Waals surface area contributed by atoms with Crippen molar-refractivity contribution in [2.45, 2.75) is 26.2 Å². The smallest absolute Gasteiger partial charge is 0.0342 e. The van der Waals surface area contributed by atoms with Crippen molar-refractivity contribution in [1.82, 2.24) is 0 Å². The molecule has 0 spiro atoms. The van der Waals surface area contributed by atoms with E-state index in [2.05, 4.69) is 73.4 Å². The molecule has 20 heavy (non-hydrogen) atoms. The molecule has 1 N–H and O–H groups in total. The summed E-state index contributed by atoms with van der Waals surface area (Å²) < 4.78 is 0. The Morgan fingerprint density at radius 2 is 1.70 bits per heavy atom. The van der Waals surface area contributed by atoms with E-state index in [9.17, 15) is 0 Å². The number of anilines is 1. The number of aryl methyl sites for hydroxylation is 3. The Morgan fingerprint density at radius 3 is 2.45 bits per heavy atom. The number of nitrogens with one attached hydrogen (secondary N) is 1. The SMILES string of the molecule is Cc1ccc(CCc2cccc(NCCCS)c2)cc1. The van der Waals surface area contributed by atoms with E-state index in [0.717, 1.165) is 31.6 Å². The van der Waals surface area contributed by atoms with Gasteiger partial charge in [0.2, 0.25) is 0 Å². The molecular formula is C18H23NS. The fourth-order valence-electron chi connectivity index (χ4n) is 2.19. The Labute approximate surface area is 127 Å². The normalized spacial score (nSPS) is 10.5. The molecule has 0 bridgehead atoms. The van der Waals surface area contributed by atoms with Crippen molar-refractivity contribution in [2.24, 2.45) is 0 Å². The van der Waals surface area contributed by atoms with Crippen LogP contribution in [-0.4, -0.2) is 12.3 Å². The highest BCUT2D eigenvalue weighted by molar-refractivity contribution is 7.80. The Balaban J connectivity index is 1.89. The summed E-state index contributed by atoms with van der Waals surface area (Å²) in [6.07, 6.45) is 3.28. The zero-order chi connectivity index (χ0) is 14.2. The van der Waals surface area contributed by atoms with Crippen LogP contribution in [0.4, 0.5) is 5.69 Å². The minimum atomic E-state index is 0.931. The molecule has 0 heterocycles. The maximum atomic E-state index is 4.23. The summed E-state index contributed by atoms with van der Waals surface area (Å²) >= 11 is 4.23. The monoisotopic (exact) mass is 285 g/mol. The molecule has 1 nitrogen and oxygen atoms in total. The fraction of sp³-hybridized carbons (Fsp3) is 0.333. The molecule has 0 fully saturated rings. The Bertz CT molecular complexity index is 519. The van der Waals surface area contributed by atoms with Gasteiger partial charge in [0.25, 0.3) is 0 Å². The van der Waals surface area contributed by atoms with Gasteiger partial charge in [-0.05, 0) is 55.2 Å². The van der Waals surface area contributed by atoms with Crippen molar-refractivity contribution >= 4 is 18.3 Å². The second-order valence-electron chi connectivity index (χ2n) is 5.19. The molecule has 0 aliphatic rings. The van der Waals surface area contributed by atoms with E-state index in [0.29, 0.717) is 0 Å². The van der Waals surface area contributed by atoms with Crippen molar-refractivity contribution in [3.05, 3.63) is 65.2 Å². The lowest BCUT2D eigenvalue weighted by Gasteiger charge is -2.08. The van der Waals surface area contributed by atoms with E-state index in [4.69, 9.17) is 0 Å². The zero-order valence-corrected chi connectivity index (χ0v) is 13.0. The fourth-order valence-corrected chi connectivity index (χ4v) is 2.35. The lowest BCUT2D eigenvalue weighted by molar-refractivity contribution is 0.955. The Hall–Kier alpha value is -1.41. The van der Waals surface area contributed by atoms with Crippen LogP contribution in [0.3, 0.4) is 0 Å². The molecule has 106 valence electrons. The first kappa shape index (κ1) is 15.0. The maximum absolute atomic E-state index is 4.23. The second kappa shape index (κ2) is 8.01. The maximum Gasteiger partial charge on any atom is 0.0342 e. The van der Waals surface area contributed by atoms with Gasteiger partial charge in [-0.3, -0.25) is 0 Å². The predicted octanol–water partition coefficient (Wildman–Crippen LogP) is 4.51. The van der Waals surface area contributed by atoms with Gasteiger partial charge in [0.1, 0.15) is 0 Å². The first-order valence-electron chi connectivity index (χ1n) is 7.27. The summed E-state index contributed by atoms with van der Waals surface area (Å²) in [5, 5.41) is 3.44. The van der Waals surface area contributed by atoms with E-state index < -0.39 is 0 Å². The van der Waals surface area contributed by atoms with Crippen LogP contribution < -0.4 is 5.32 Å². The van der Waals surface area contributed by atoms with Crippen LogP contribution in [0.1, 0.15) is 23.1 Å². The van der Waals surface area contributed by atoms with Crippen molar-refractivity contribution < 1.29 is 0 Å². The lowest BCUT2D eigenvalue weighted by atomic mass is 10.0. The molecule has 0 amide bonds. The minimum absolute atomic E-state index is 0.931. The molecule has 0 aliphatic heterocycles. The number of thiol groups is 1. The largest absolute Gasteiger partial charge is 0.385 e. The van der Waals surface area contributed by atoms with E-state index in [-0.39, 0.29) is 0 Å². The number of rotatable bonds is 7. The van der Waals surface area contributed by atoms with E-state index in [1.54, 1.807) is 0 Å². The average Bonchev–Trinajstić information content (AvgIpc) is 2.47. The highest BCUT2D eigenvalue weighted by Crippen LogP contribution is 2.14. The quantitative estimate of drug-likeness (QED) is 0.563. The van der Waals surface area contributed by atoms with Crippen LogP contribution in [-0.2, 0) is 12.8 Å². The van der Waals surface area contributed by atoms with Gasteiger partial charge in [-0.25, -0.2) is 0 Å². The summed E-state index contributed by atoms with van der Waals surface area (Å²) in [5.74, 6) is 0.931. The molecule has 2 aromatic carbocycles. The summed E-state index contributed by atoms with van der Waals surface area (Å²) in [6, 6.07) is 17.6. The number of benzene rings is 2. The minimum Gasteiger partial charge on any atom is -0.385 e. The second-order valence-corrected chi connectivity index (χ2v) is 5.64. The van der Waals surface area contributed by atoms with E-state index in [1.807, 2.05) is 0 Å². The summed E-state index contributed by atoms with van der Waals surface area (Å²) in [5.41, 5.74) is 5.34. The van der Waals surface area contributed by atoms with Gasteiger partial charge in [-0.2, -0.15) is 12.6 Å². The lowest BCUT2D eigenvalue weighted by Crippen LogP contribution is -2.02. The molecule has 0 saturated carbocycles. The highest BCUT2D eigenvalue weighted by Gasteiger charge is 1.98. The van der Waals surface area contributed by atoms with Crippen molar-refractivity contribution in [2.75, 3.05) is 17.6 Å². The Kier molecular flexibility index (Phi) is 6.00. The van der Waals surface area contributed by atoms with E-state index in [1.165, 1.54) is 22.4 Å². The van der Waals surface area contributed by atoms with Gasteiger partial charge in [-0.15, -0.1) is 0 Å². The number of hydrogen-bond donors (Lipinski definition) is 2. The molecule has 0 unspecified atom stereocenters. The molecule has 0 radical (unpaired) electrons. The first-order valence-corrected chi connectivity index (χ1v) is 7.90. The third-order valence-electron chi connectivity index (χ3n) is 3.41. The topological polar surface area (TPSA) is 12.0 Å². The van der Waals surface area contributed by atoms with Gasteiger partial charge >= 0.3 is 0 Å². The van der Waals surface area contributed by atoms with Crippen molar-refractivity contribution in [1.29, 1.82) is 0 Å². The predicted molar refractivity (Wildman–Crippen MR) is 92.0 cm³/mol. The highest BCUT2D eigenvalue weighted by atomic mass is 32.1. The molecule has 0 atom stereocenters. The van der Waals surface area contributed by atoms with Gasteiger partial charge in [0.15, 0.2) is 0 Å². The molecule has 0 aliphatic carbocycles. The third-order valence-corrected chi connectivity index (χ3v) is 3.73. The van der Waals surface area contributed by atoms with Crippen LogP contribution in [0.2, 0.25) is 0 Å². The number of hydrogen-bond acceptors (Lipinski definition) is 2. The zero-order valence-electron chi connectivity index (χ0n) is 12.1. The van der Waals surface area contributed by atoms with Crippen LogP contribution in [0, 0.1) is 6.92 Å². The van der Waals surface area contributed by atoms with Gasteiger partial charge in [0, 0.05) is 12.2 Å². The molecular weight excluding hydrogens is 262 g/mol. The van der Waals surface area contributed by atoms with Gasteiger partial charge < -0.3 is 5.32 Å². The van der Waals surface area contributed by atoms with Crippen molar-refractivity contribution in [3.8, 4) is 0 Å². The summed E-state index contributed by atoms with van der Waals surface area (Å²) in [7, 11) is 0. The molecule has 2 aromatic rings. The molecule has 2 heteroatoms. The summed E-state index contributed by atoms with van der Waals surface area (Å²) in [6.45, 7) is 3.12. The first-order chi connectivity index (χ1) is 9.78. The molecule has 0 saturated heterocycles. The average molecular weight is 285 g/mol. The van der Waals surface area contributed by atoms with Gasteiger partial charge in [0.05, 0.1) is 0 Å². The summed E-state index contributed by atoms with van der Waals surface area (Å²) in [4.78, 5) is 0. The standard InChI is InChI=1S/C18H23NS/c1-15-6-8-16(9-7-15)10-11-17-4-2-5-18(14-17)19-12-3-13-20/h2,4-9,14,19-20H,3,10-13H2,1H3. The third kappa shape index (κ3) is 4.93. The van der Waals surface area contributed by atoms with Crippen LogP contribution >= 0.6 is 12.6 Å². The van der Waals surface area contributed by atoms with E-state index >= 15 is 0 Å².